The minimum atomic E-state index is -1.61. The smallest absolute Gasteiger partial charge is 0.333 e. The van der Waals surface area contributed by atoms with E-state index in [4.69, 9.17) is 25.7 Å². The summed E-state index contributed by atoms with van der Waals surface area (Å²) in [5.41, 5.74) is 11.3. The first-order valence-corrected chi connectivity index (χ1v) is 11.3. The van der Waals surface area contributed by atoms with Gasteiger partial charge in [-0.1, -0.05) is 17.1 Å². The molecule has 2 fully saturated rings. The average molecular weight is 500 g/mol. The van der Waals surface area contributed by atoms with Crippen LogP contribution in [0.5, 0.6) is 0 Å². The topological polar surface area (TPSA) is 183 Å². The molecule has 2 aliphatic heterocycles. The van der Waals surface area contributed by atoms with Crippen LogP contribution in [0, 0.1) is 17.1 Å². The number of carbonyl (C=O) groups is 1. The van der Waals surface area contributed by atoms with Gasteiger partial charge in [-0.3, -0.25) is 4.79 Å². The van der Waals surface area contributed by atoms with Crippen molar-refractivity contribution in [1.82, 2.24) is 4.98 Å². The van der Waals surface area contributed by atoms with E-state index in [0.717, 1.165) is 6.34 Å². The van der Waals surface area contributed by atoms with E-state index in [0.29, 0.717) is 17.0 Å². The number of nitrogens with two attached hydrogens (primary N) is 2. The van der Waals surface area contributed by atoms with Crippen LogP contribution in [-0.4, -0.2) is 64.9 Å². The molecule has 4 rings (SSSR count). The molecule has 0 unspecified atom stereocenters. The highest BCUT2D eigenvalue weighted by Gasteiger charge is 2.64. The number of benzene rings is 1. The number of nitrogens with one attached hydrogen (secondary N) is 2. The molecule has 11 nitrogen and oxygen atoms in total. The van der Waals surface area contributed by atoms with Gasteiger partial charge in [-0.25, -0.2) is 9.38 Å². The predicted molar refractivity (Wildman–Crippen MR) is 125 cm³/mol. The first kappa shape index (κ1) is 25.6. The Morgan fingerprint density at radius 1 is 1.31 bits per heavy atom. The Labute approximate surface area is 206 Å². The second-order valence-electron chi connectivity index (χ2n) is 9.04. The van der Waals surface area contributed by atoms with E-state index in [1.54, 1.807) is 38.1 Å². The molecule has 0 bridgehead atoms. The molecular formula is C24H28FN6O5+. The molecule has 190 valence electrons. The van der Waals surface area contributed by atoms with E-state index in [9.17, 15) is 19.6 Å². The molecule has 0 saturated carbocycles. The summed E-state index contributed by atoms with van der Waals surface area (Å²) in [5.74, 6) is -1.93. The SMILES string of the molecule is CC1(C)O[C@H]2[C@@H](O1)[C@](C#N)(c1ccc(C(=NC(=O)[C@@H](N)Cc3ccc(F)cc3)[NH+]=CN)[nH]1)O[C@@H]2CO. The van der Waals surface area contributed by atoms with Crippen molar-refractivity contribution in [3.63, 3.8) is 0 Å². The number of H-pyrrole nitrogens is 1. The molecule has 1 amide bonds. The number of carbonyl (C=O) groups excluding carboxylic acids is 1. The Morgan fingerprint density at radius 2 is 2.03 bits per heavy atom. The molecule has 0 spiro atoms. The molecule has 0 radical (unpaired) electrons. The third kappa shape index (κ3) is 4.79. The quantitative estimate of drug-likeness (QED) is 0.240. The third-order valence-electron chi connectivity index (χ3n) is 6.05. The Hall–Kier alpha value is -3.47. The molecular weight excluding hydrogens is 471 g/mol. The van der Waals surface area contributed by atoms with Gasteiger partial charge in [-0.2, -0.15) is 5.26 Å². The summed E-state index contributed by atoms with van der Waals surface area (Å²) in [5, 5.41) is 19.9. The number of aliphatic hydroxyl groups is 1. The summed E-state index contributed by atoms with van der Waals surface area (Å²) in [7, 11) is 0. The fourth-order valence-electron chi connectivity index (χ4n) is 4.41. The molecule has 2 saturated heterocycles. The lowest BCUT2D eigenvalue weighted by molar-refractivity contribution is -0.309. The number of nitriles is 1. The van der Waals surface area contributed by atoms with E-state index in [1.807, 2.05) is 0 Å². The van der Waals surface area contributed by atoms with Crippen LogP contribution in [0.2, 0.25) is 0 Å². The number of aliphatic imine (C=N–C) groups is 1. The van der Waals surface area contributed by atoms with Gasteiger partial charge in [0.25, 0.3) is 5.84 Å². The van der Waals surface area contributed by atoms with E-state index < -0.39 is 41.6 Å². The molecule has 12 heteroatoms. The number of fused-ring (bicyclic) bond motifs is 1. The number of hydrogen-bond donors (Lipinski definition) is 5. The van der Waals surface area contributed by atoms with Crippen LogP contribution < -0.4 is 16.5 Å². The van der Waals surface area contributed by atoms with Gasteiger partial charge >= 0.3 is 5.91 Å². The predicted octanol–water partition coefficient (Wildman–Crippen LogP) is -1.31. The Bertz CT molecular complexity index is 1220. The lowest BCUT2D eigenvalue weighted by Gasteiger charge is -2.28. The molecule has 36 heavy (non-hydrogen) atoms. The van der Waals surface area contributed by atoms with Crippen LogP contribution in [0.3, 0.4) is 0 Å². The molecule has 1 aromatic heterocycles. The Kier molecular flexibility index (Phi) is 7.03. The molecule has 2 aromatic rings. The highest BCUT2D eigenvalue weighted by molar-refractivity contribution is 6.00. The summed E-state index contributed by atoms with van der Waals surface area (Å²) in [6.45, 7) is 3.07. The van der Waals surface area contributed by atoms with Crippen LogP contribution in [0.15, 0.2) is 41.4 Å². The zero-order chi connectivity index (χ0) is 26.1. The van der Waals surface area contributed by atoms with Crippen LogP contribution in [-0.2, 0) is 31.0 Å². The second kappa shape index (κ2) is 9.88. The first-order valence-electron chi connectivity index (χ1n) is 11.3. The van der Waals surface area contributed by atoms with Crippen LogP contribution >= 0.6 is 0 Å². The van der Waals surface area contributed by atoms with Crippen molar-refractivity contribution < 1.29 is 33.5 Å². The van der Waals surface area contributed by atoms with Gasteiger partial charge in [0.15, 0.2) is 12.1 Å². The fraction of sp³-hybridized carbons (Fsp3) is 0.417. The Morgan fingerprint density at radius 3 is 2.67 bits per heavy atom. The van der Waals surface area contributed by atoms with Crippen LogP contribution in [0.4, 0.5) is 4.39 Å². The highest BCUT2D eigenvalue weighted by Crippen LogP contribution is 2.48. The summed E-state index contributed by atoms with van der Waals surface area (Å²) in [4.78, 5) is 22.5. The van der Waals surface area contributed by atoms with Crippen molar-refractivity contribution >= 4 is 18.1 Å². The van der Waals surface area contributed by atoms with Gasteiger partial charge in [0.1, 0.15) is 41.9 Å². The lowest BCUT2D eigenvalue weighted by atomic mass is 9.93. The number of aliphatic hydroxyl groups excluding tert-OH is 1. The largest absolute Gasteiger partial charge is 0.394 e. The van der Waals surface area contributed by atoms with Gasteiger partial charge in [-0.15, -0.1) is 0 Å². The molecule has 2 aliphatic rings. The van der Waals surface area contributed by atoms with Gasteiger partial charge in [0, 0.05) is 0 Å². The van der Waals surface area contributed by atoms with Crippen molar-refractivity contribution in [3.05, 3.63) is 59.2 Å². The number of aromatic amines is 1. The minimum absolute atomic E-state index is 0.0635. The molecule has 7 N–H and O–H groups in total. The number of hydrogen-bond acceptors (Lipinski definition) is 7. The number of ether oxygens (including phenoxy) is 3. The Balaban J connectivity index is 1.60. The van der Waals surface area contributed by atoms with Crippen LogP contribution in [0.1, 0.15) is 30.8 Å². The van der Waals surface area contributed by atoms with E-state index in [1.165, 1.54) is 12.1 Å². The van der Waals surface area contributed by atoms with Gasteiger partial charge in [0.05, 0.1) is 12.3 Å². The van der Waals surface area contributed by atoms with E-state index >= 15 is 0 Å². The van der Waals surface area contributed by atoms with Crippen molar-refractivity contribution in [2.75, 3.05) is 6.61 Å². The summed E-state index contributed by atoms with van der Waals surface area (Å²) < 4.78 is 30.9. The standard InChI is InChI=1S/C24H27FN6O5/c1-23(2)35-19-17(10-32)34-24(11-26,20(19)36-23)18-8-7-16(30-18)21(29-12-27)31-22(33)15(28)9-13-3-5-14(25)6-4-13/h3-8,12,15,17,19-20,30,32H,9-10,28H2,1-2H3,(H2,27,29,31,33)/p+1/t15-,17+,19+,20+,24-/m0/s1. The zero-order valence-electron chi connectivity index (χ0n) is 19.8. The lowest BCUT2D eigenvalue weighted by Crippen LogP contribution is -2.76. The van der Waals surface area contributed by atoms with Crippen molar-refractivity contribution in [1.29, 1.82) is 5.26 Å². The van der Waals surface area contributed by atoms with Crippen LogP contribution in [0.25, 0.3) is 0 Å². The van der Waals surface area contributed by atoms with E-state index in [-0.39, 0.29) is 24.7 Å². The van der Waals surface area contributed by atoms with Gasteiger partial charge in [0.2, 0.25) is 5.60 Å². The molecule has 5 atom stereocenters. The minimum Gasteiger partial charge on any atom is -0.394 e. The highest BCUT2D eigenvalue weighted by atomic mass is 19.1. The second-order valence-corrected chi connectivity index (χ2v) is 9.04. The molecule has 3 heterocycles. The molecule has 0 aliphatic carbocycles. The molecule has 1 aromatic carbocycles. The number of nitrogens with zero attached hydrogens (tertiary/aromatic N) is 2. The van der Waals surface area contributed by atoms with Crippen molar-refractivity contribution in [2.45, 2.75) is 56.0 Å². The maximum atomic E-state index is 13.1. The third-order valence-corrected chi connectivity index (χ3v) is 6.05. The summed E-state index contributed by atoms with van der Waals surface area (Å²) in [6, 6.07) is 10.0. The maximum Gasteiger partial charge on any atom is 0.333 e. The summed E-state index contributed by atoms with van der Waals surface area (Å²) in [6.07, 6.45) is -1.01. The summed E-state index contributed by atoms with van der Waals surface area (Å²) >= 11 is 0. The number of rotatable bonds is 6. The van der Waals surface area contributed by atoms with Crippen molar-refractivity contribution in [3.8, 4) is 6.07 Å². The average Bonchev–Trinajstić information content (AvgIpc) is 3.53. The van der Waals surface area contributed by atoms with Crippen molar-refractivity contribution in [2.24, 2.45) is 16.5 Å². The van der Waals surface area contributed by atoms with Gasteiger partial charge in [-0.05, 0) is 50.1 Å². The monoisotopic (exact) mass is 499 g/mol. The van der Waals surface area contributed by atoms with Gasteiger partial charge < -0.3 is 35.8 Å². The normalized spacial score (nSPS) is 28.2. The number of amides is 1. The number of amidine groups is 1. The number of halogens is 1. The van der Waals surface area contributed by atoms with E-state index in [2.05, 4.69) is 21.0 Å². The maximum absolute atomic E-state index is 13.1. The first-order chi connectivity index (χ1) is 17.1. The fourth-order valence-corrected chi connectivity index (χ4v) is 4.41. The number of aromatic nitrogens is 1. The zero-order valence-corrected chi connectivity index (χ0v) is 19.8.